The molecule has 0 amide bonds. The molecule has 1 atom stereocenters. The van der Waals surface area contributed by atoms with Crippen LogP contribution in [0, 0.1) is 29.6 Å². The molecule has 210 valence electrons. The number of anilines is 1. The second kappa shape index (κ2) is 13.8. The summed E-state index contributed by atoms with van der Waals surface area (Å²) in [7, 11) is 0. The maximum atomic E-state index is 10.6. The number of hydrogen-bond donors (Lipinski definition) is 3. The van der Waals surface area contributed by atoms with Crippen LogP contribution < -0.4 is 10.6 Å². The molecule has 1 aliphatic heterocycles. The lowest BCUT2D eigenvalue weighted by Crippen LogP contribution is -2.41. The zero-order valence-electron chi connectivity index (χ0n) is 23.1. The van der Waals surface area contributed by atoms with Crippen molar-refractivity contribution in [1.82, 2.24) is 15.3 Å². The Balaban J connectivity index is 1.31. The molecular weight excluding hydrogens is 494 g/mol. The van der Waals surface area contributed by atoms with Crippen LogP contribution in [0.4, 0.5) is 5.82 Å². The first-order valence-electron chi connectivity index (χ1n) is 14.1. The lowest BCUT2D eigenvalue weighted by Gasteiger charge is -2.31. The van der Waals surface area contributed by atoms with Gasteiger partial charge in [0.1, 0.15) is 12.4 Å². The summed E-state index contributed by atoms with van der Waals surface area (Å²) in [5.74, 6) is 0.432. The fourth-order valence-electron chi connectivity index (χ4n) is 5.59. The van der Waals surface area contributed by atoms with Crippen molar-refractivity contribution in [2.45, 2.75) is 70.9 Å². The Labute approximate surface area is 231 Å². The number of aromatic nitrogens is 2. The van der Waals surface area contributed by atoms with E-state index in [4.69, 9.17) is 24.5 Å². The van der Waals surface area contributed by atoms with E-state index in [0.717, 1.165) is 73.3 Å². The number of carboxylic acid groups (broad SMARTS) is 1. The van der Waals surface area contributed by atoms with Gasteiger partial charge in [0.2, 0.25) is 0 Å². The summed E-state index contributed by atoms with van der Waals surface area (Å²) in [6.07, 6.45) is 8.83. The van der Waals surface area contributed by atoms with Gasteiger partial charge in [0.25, 0.3) is 0 Å². The number of nitrogens with zero attached hydrogens (tertiary/aromatic N) is 3. The molecule has 1 aliphatic carbocycles. The SMILES string of the molecule is Cc1cnc(CC2CCC(N[C@H](C)COCC(=O)O)CC2)cc1-c1cccc(NCC2(C#N)CCOCC2)n1. The summed E-state index contributed by atoms with van der Waals surface area (Å²) >= 11 is 0. The number of ether oxygens (including phenoxy) is 2. The zero-order valence-corrected chi connectivity index (χ0v) is 23.1. The van der Waals surface area contributed by atoms with Crippen molar-refractivity contribution >= 4 is 11.8 Å². The standard InChI is InChI=1S/C30H41N5O4/c1-21-16-32-25(14-23-6-8-24(9-7-23)34-22(2)17-39-18-29(36)37)15-26(21)27-4-3-5-28(35-27)33-20-30(19-31)10-12-38-13-11-30/h3-5,15-16,22-24,34H,6-14,17-18,20H2,1-2H3,(H,33,35)(H,36,37)/t22-,23?,24?/m1/s1. The smallest absolute Gasteiger partial charge is 0.329 e. The van der Waals surface area contributed by atoms with Crippen molar-refractivity contribution in [3.8, 4) is 17.3 Å². The van der Waals surface area contributed by atoms with Gasteiger partial charge in [0.15, 0.2) is 0 Å². The molecule has 3 heterocycles. The highest BCUT2D eigenvalue weighted by Crippen LogP contribution is 2.31. The molecule has 3 N–H and O–H groups in total. The molecule has 0 radical (unpaired) electrons. The second-order valence-electron chi connectivity index (χ2n) is 11.2. The summed E-state index contributed by atoms with van der Waals surface area (Å²) in [4.78, 5) is 20.2. The maximum absolute atomic E-state index is 10.6. The molecule has 1 saturated carbocycles. The molecule has 2 aromatic rings. The van der Waals surface area contributed by atoms with E-state index in [1.165, 1.54) is 0 Å². The second-order valence-corrected chi connectivity index (χ2v) is 11.2. The van der Waals surface area contributed by atoms with Gasteiger partial charge >= 0.3 is 5.97 Å². The van der Waals surface area contributed by atoms with E-state index in [1.807, 2.05) is 31.3 Å². The predicted octanol–water partition coefficient (Wildman–Crippen LogP) is 4.36. The van der Waals surface area contributed by atoms with Crippen LogP contribution in [0.15, 0.2) is 30.5 Å². The van der Waals surface area contributed by atoms with Gasteiger partial charge < -0.3 is 25.2 Å². The summed E-state index contributed by atoms with van der Waals surface area (Å²) < 4.78 is 10.7. The molecule has 0 spiro atoms. The molecule has 9 heteroatoms. The largest absolute Gasteiger partial charge is 0.480 e. The number of carbonyl (C=O) groups is 1. The Hall–Kier alpha value is -3.06. The molecule has 1 saturated heterocycles. The molecule has 9 nitrogen and oxygen atoms in total. The Morgan fingerprint density at radius 2 is 2.05 bits per heavy atom. The highest BCUT2D eigenvalue weighted by Gasteiger charge is 2.32. The molecule has 0 bridgehead atoms. The summed E-state index contributed by atoms with van der Waals surface area (Å²) in [5.41, 5.74) is 3.78. The monoisotopic (exact) mass is 535 g/mol. The molecule has 4 rings (SSSR count). The fraction of sp³-hybridized carbons (Fsp3) is 0.600. The summed E-state index contributed by atoms with van der Waals surface area (Å²) in [6, 6.07) is 11.3. The van der Waals surface area contributed by atoms with Crippen molar-refractivity contribution in [2.75, 3.05) is 38.3 Å². The molecule has 39 heavy (non-hydrogen) atoms. The molecule has 0 unspecified atom stereocenters. The van der Waals surface area contributed by atoms with E-state index >= 15 is 0 Å². The van der Waals surface area contributed by atoms with Crippen molar-refractivity contribution in [3.05, 3.63) is 41.7 Å². The van der Waals surface area contributed by atoms with Gasteiger partial charge in [0.05, 0.1) is 23.8 Å². The molecular formula is C30H41N5O4. The van der Waals surface area contributed by atoms with Gasteiger partial charge in [-0.1, -0.05) is 6.07 Å². The average molecular weight is 536 g/mol. The van der Waals surface area contributed by atoms with Gasteiger partial charge in [-0.2, -0.15) is 5.26 Å². The summed E-state index contributed by atoms with van der Waals surface area (Å²) in [5, 5.41) is 25.5. The number of pyridine rings is 2. The number of aryl methyl sites for hydroxylation is 1. The van der Waals surface area contributed by atoms with Crippen molar-refractivity contribution < 1.29 is 19.4 Å². The minimum Gasteiger partial charge on any atom is -0.480 e. The van der Waals surface area contributed by atoms with Gasteiger partial charge in [-0.25, -0.2) is 9.78 Å². The first-order chi connectivity index (χ1) is 18.9. The van der Waals surface area contributed by atoms with E-state index in [9.17, 15) is 10.1 Å². The zero-order chi connectivity index (χ0) is 27.7. The molecule has 0 aromatic carbocycles. The molecule has 2 fully saturated rings. The van der Waals surface area contributed by atoms with Crippen LogP contribution in [-0.4, -0.2) is 66.1 Å². The Morgan fingerprint density at radius 1 is 1.28 bits per heavy atom. The van der Waals surface area contributed by atoms with Crippen LogP contribution in [0.3, 0.4) is 0 Å². The van der Waals surface area contributed by atoms with Crippen LogP contribution in [-0.2, 0) is 20.7 Å². The van der Waals surface area contributed by atoms with Gasteiger partial charge in [-0.15, -0.1) is 0 Å². The molecule has 2 aliphatic rings. The van der Waals surface area contributed by atoms with E-state index in [2.05, 4.69) is 29.7 Å². The number of aliphatic carboxylic acids is 1. The van der Waals surface area contributed by atoms with Gasteiger partial charge in [0, 0.05) is 49.3 Å². The van der Waals surface area contributed by atoms with E-state index in [-0.39, 0.29) is 12.6 Å². The van der Waals surface area contributed by atoms with Crippen LogP contribution in [0.25, 0.3) is 11.3 Å². The highest BCUT2D eigenvalue weighted by molar-refractivity contribution is 5.68. The lowest BCUT2D eigenvalue weighted by atomic mass is 9.82. The first kappa shape index (κ1) is 28.9. The Kier molecular flexibility index (Phi) is 10.3. The number of hydrogen-bond acceptors (Lipinski definition) is 8. The lowest BCUT2D eigenvalue weighted by molar-refractivity contribution is -0.142. The van der Waals surface area contributed by atoms with Crippen LogP contribution in [0.2, 0.25) is 0 Å². The number of rotatable bonds is 12. The maximum Gasteiger partial charge on any atom is 0.329 e. The average Bonchev–Trinajstić information content (AvgIpc) is 2.94. The van der Waals surface area contributed by atoms with Gasteiger partial charge in [-0.3, -0.25) is 4.98 Å². The Bertz CT molecular complexity index is 1140. The fourth-order valence-corrected chi connectivity index (χ4v) is 5.59. The first-order valence-corrected chi connectivity index (χ1v) is 14.1. The normalized spacial score (nSPS) is 21.6. The minimum atomic E-state index is -0.935. The van der Waals surface area contributed by atoms with E-state index in [0.29, 0.717) is 38.3 Å². The molecule has 2 aromatic heterocycles. The third-order valence-corrected chi connectivity index (χ3v) is 7.94. The van der Waals surface area contributed by atoms with Crippen molar-refractivity contribution in [3.63, 3.8) is 0 Å². The van der Waals surface area contributed by atoms with Crippen molar-refractivity contribution in [2.24, 2.45) is 11.3 Å². The number of nitrogens with one attached hydrogen (secondary N) is 2. The van der Waals surface area contributed by atoms with Crippen LogP contribution >= 0.6 is 0 Å². The highest BCUT2D eigenvalue weighted by atomic mass is 16.5. The van der Waals surface area contributed by atoms with Crippen LogP contribution in [0.1, 0.15) is 56.7 Å². The minimum absolute atomic E-state index is 0.132. The quantitative estimate of drug-likeness (QED) is 0.363. The van der Waals surface area contributed by atoms with E-state index < -0.39 is 11.4 Å². The van der Waals surface area contributed by atoms with Crippen LogP contribution in [0.5, 0.6) is 0 Å². The third kappa shape index (κ3) is 8.46. The topological polar surface area (TPSA) is 129 Å². The summed E-state index contributed by atoms with van der Waals surface area (Å²) in [6.45, 7) is 6.08. The van der Waals surface area contributed by atoms with Gasteiger partial charge in [-0.05, 0) is 88.5 Å². The Morgan fingerprint density at radius 3 is 2.77 bits per heavy atom. The number of carboxylic acids is 1. The van der Waals surface area contributed by atoms with E-state index in [1.54, 1.807) is 0 Å². The number of nitriles is 1. The van der Waals surface area contributed by atoms with Crippen molar-refractivity contribution in [1.29, 1.82) is 5.26 Å². The predicted molar refractivity (Wildman–Crippen MR) is 149 cm³/mol. The third-order valence-electron chi connectivity index (χ3n) is 7.94.